The molecule has 0 bridgehead atoms. The average Bonchev–Trinajstić information content (AvgIpc) is 3.52. The van der Waals surface area contributed by atoms with Crippen LogP contribution in [0, 0.1) is 0 Å². The summed E-state index contributed by atoms with van der Waals surface area (Å²) in [6.07, 6.45) is 0. The smallest absolute Gasteiger partial charge is 0.160 e. The van der Waals surface area contributed by atoms with Crippen LogP contribution in [-0.2, 0) is 5.41 Å². The van der Waals surface area contributed by atoms with Crippen molar-refractivity contribution in [3.8, 4) is 67.3 Å². The third-order valence-corrected chi connectivity index (χ3v) is 12.0. The Morgan fingerprint density at radius 3 is 1.70 bits per heavy atom. The Morgan fingerprint density at radius 1 is 0.316 bits per heavy atom. The predicted octanol–water partition coefficient (Wildman–Crippen LogP) is 14.6. The molecular formula is C55H38N2. The molecule has 1 heterocycles. The van der Waals surface area contributed by atoms with E-state index in [4.69, 9.17) is 9.97 Å². The standard InChI is InChI=1S/C55H38N2/c1-55(2)52-43-21-9-8-15-36(43)28-29-49(52)48-25-13-24-44(53(48)55)40-20-12-19-39(33-40)42-30-31-47(46-23-11-10-22-45(42)46)51-34-50(56-54(57-51)37-16-4-3-5-17-37)41-27-26-35-14-6-7-18-38(35)32-41/h3-34H,1-2H3. The lowest BCUT2D eigenvalue weighted by molar-refractivity contribution is 0.668. The molecule has 268 valence electrons. The highest BCUT2D eigenvalue weighted by molar-refractivity contribution is 6.06. The summed E-state index contributed by atoms with van der Waals surface area (Å²) in [5, 5.41) is 7.38. The quantitative estimate of drug-likeness (QED) is 0.176. The lowest BCUT2D eigenvalue weighted by Crippen LogP contribution is -2.16. The van der Waals surface area contributed by atoms with Gasteiger partial charge >= 0.3 is 0 Å². The maximum atomic E-state index is 5.24. The molecule has 0 N–H and O–H groups in total. The molecule has 0 amide bonds. The zero-order chi connectivity index (χ0) is 38.1. The fraction of sp³-hybridized carbons (Fsp3) is 0.0545. The van der Waals surface area contributed by atoms with E-state index in [0.717, 1.165) is 33.5 Å². The van der Waals surface area contributed by atoms with Gasteiger partial charge < -0.3 is 0 Å². The minimum atomic E-state index is -0.158. The van der Waals surface area contributed by atoms with Crippen LogP contribution in [0.25, 0.3) is 99.6 Å². The number of nitrogens with zero attached hydrogens (tertiary/aromatic N) is 2. The normalized spacial score (nSPS) is 12.9. The van der Waals surface area contributed by atoms with Gasteiger partial charge in [-0.05, 0) is 95.0 Å². The molecule has 1 aliphatic rings. The highest BCUT2D eigenvalue weighted by Gasteiger charge is 2.38. The van der Waals surface area contributed by atoms with E-state index >= 15 is 0 Å². The molecule has 0 radical (unpaired) electrons. The highest BCUT2D eigenvalue weighted by atomic mass is 14.9. The fourth-order valence-corrected chi connectivity index (χ4v) is 9.41. The molecule has 1 aliphatic carbocycles. The van der Waals surface area contributed by atoms with Crippen LogP contribution in [0.3, 0.4) is 0 Å². The second-order valence-corrected chi connectivity index (χ2v) is 15.7. The van der Waals surface area contributed by atoms with E-state index in [9.17, 15) is 0 Å². The van der Waals surface area contributed by atoms with E-state index in [-0.39, 0.29) is 5.41 Å². The van der Waals surface area contributed by atoms with Gasteiger partial charge in [0.05, 0.1) is 11.4 Å². The predicted molar refractivity (Wildman–Crippen MR) is 239 cm³/mol. The fourth-order valence-electron chi connectivity index (χ4n) is 9.41. The Balaban J connectivity index is 1.04. The summed E-state index contributed by atoms with van der Waals surface area (Å²) in [5.41, 5.74) is 15.2. The average molecular weight is 727 g/mol. The summed E-state index contributed by atoms with van der Waals surface area (Å²) >= 11 is 0. The van der Waals surface area contributed by atoms with Crippen LogP contribution < -0.4 is 0 Å². The molecule has 2 nitrogen and oxygen atoms in total. The van der Waals surface area contributed by atoms with Crippen molar-refractivity contribution in [3.05, 3.63) is 205 Å². The van der Waals surface area contributed by atoms with Crippen LogP contribution in [0.1, 0.15) is 25.0 Å². The number of hydrogen-bond donors (Lipinski definition) is 0. The van der Waals surface area contributed by atoms with E-state index in [0.29, 0.717) is 5.82 Å². The minimum absolute atomic E-state index is 0.158. The molecular weight excluding hydrogens is 689 g/mol. The van der Waals surface area contributed by atoms with E-state index in [1.54, 1.807) is 0 Å². The van der Waals surface area contributed by atoms with Gasteiger partial charge in [0.2, 0.25) is 0 Å². The largest absolute Gasteiger partial charge is 0.228 e. The van der Waals surface area contributed by atoms with Crippen molar-refractivity contribution in [2.75, 3.05) is 0 Å². The maximum absolute atomic E-state index is 5.24. The monoisotopic (exact) mass is 726 g/mol. The number of benzene rings is 9. The molecule has 10 aromatic rings. The number of rotatable bonds is 5. The van der Waals surface area contributed by atoms with E-state index < -0.39 is 0 Å². The van der Waals surface area contributed by atoms with Crippen LogP contribution in [0.5, 0.6) is 0 Å². The molecule has 0 aliphatic heterocycles. The van der Waals surface area contributed by atoms with Crippen molar-refractivity contribution in [2.24, 2.45) is 0 Å². The Morgan fingerprint density at radius 2 is 0.877 bits per heavy atom. The summed E-state index contributed by atoms with van der Waals surface area (Å²) in [7, 11) is 0. The molecule has 11 rings (SSSR count). The van der Waals surface area contributed by atoms with Gasteiger partial charge in [0.1, 0.15) is 0 Å². The van der Waals surface area contributed by atoms with Crippen molar-refractivity contribution in [1.29, 1.82) is 0 Å². The first-order chi connectivity index (χ1) is 28.0. The number of fused-ring (bicyclic) bond motifs is 7. The van der Waals surface area contributed by atoms with Crippen LogP contribution in [0.15, 0.2) is 194 Å². The van der Waals surface area contributed by atoms with E-state index in [1.165, 1.54) is 71.4 Å². The van der Waals surface area contributed by atoms with Gasteiger partial charge in [-0.1, -0.05) is 190 Å². The van der Waals surface area contributed by atoms with Crippen LogP contribution in [0.2, 0.25) is 0 Å². The molecule has 0 saturated heterocycles. The third kappa shape index (κ3) is 5.40. The molecule has 0 spiro atoms. The number of aromatic nitrogens is 2. The van der Waals surface area contributed by atoms with Crippen molar-refractivity contribution in [2.45, 2.75) is 19.3 Å². The molecule has 9 aromatic carbocycles. The highest BCUT2D eigenvalue weighted by Crippen LogP contribution is 2.54. The molecule has 57 heavy (non-hydrogen) atoms. The summed E-state index contributed by atoms with van der Waals surface area (Å²) in [4.78, 5) is 10.4. The summed E-state index contributed by atoms with van der Waals surface area (Å²) in [6.45, 7) is 4.79. The first kappa shape index (κ1) is 33.2. The SMILES string of the molecule is CC1(C)c2c(-c3cccc(-c4ccc(-c5cc(-c6ccc7ccccc7c6)nc(-c6ccccc6)n5)c5ccccc45)c3)cccc2-c2ccc3ccccc3c21. The Hall–Kier alpha value is -7.16. The summed E-state index contributed by atoms with van der Waals surface area (Å²) in [6, 6.07) is 70.1. The zero-order valence-corrected chi connectivity index (χ0v) is 31.9. The van der Waals surface area contributed by atoms with Crippen molar-refractivity contribution in [3.63, 3.8) is 0 Å². The molecule has 2 heteroatoms. The van der Waals surface area contributed by atoms with Crippen LogP contribution >= 0.6 is 0 Å². The second-order valence-electron chi connectivity index (χ2n) is 15.7. The van der Waals surface area contributed by atoms with Gasteiger partial charge in [-0.15, -0.1) is 0 Å². The zero-order valence-electron chi connectivity index (χ0n) is 31.9. The van der Waals surface area contributed by atoms with E-state index in [1.807, 2.05) is 18.2 Å². The number of hydrogen-bond acceptors (Lipinski definition) is 2. The molecule has 0 atom stereocenters. The van der Waals surface area contributed by atoms with Gasteiger partial charge in [0, 0.05) is 22.1 Å². The molecule has 0 fully saturated rings. The van der Waals surface area contributed by atoms with Gasteiger partial charge in [-0.25, -0.2) is 9.97 Å². The topological polar surface area (TPSA) is 25.8 Å². The van der Waals surface area contributed by atoms with Gasteiger partial charge in [0.25, 0.3) is 0 Å². The summed E-state index contributed by atoms with van der Waals surface area (Å²) in [5.74, 6) is 0.714. The van der Waals surface area contributed by atoms with Gasteiger partial charge in [-0.3, -0.25) is 0 Å². The maximum Gasteiger partial charge on any atom is 0.160 e. The Bertz CT molecular complexity index is 3210. The first-order valence-corrected chi connectivity index (χ1v) is 19.7. The lowest BCUT2D eigenvalue weighted by atomic mass is 9.77. The van der Waals surface area contributed by atoms with Gasteiger partial charge in [-0.2, -0.15) is 0 Å². The molecule has 1 aromatic heterocycles. The molecule has 0 unspecified atom stereocenters. The Labute approximate surface area is 332 Å². The van der Waals surface area contributed by atoms with Crippen molar-refractivity contribution < 1.29 is 0 Å². The van der Waals surface area contributed by atoms with Gasteiger partial charge in [0.15, 0.2) is 5.82 Å². The third-order valence-electron chi connectivity index (χ3n) is 12.0. The lowest BCUT2D eigenvalue weighted by Gasteiger charge is -2.26. The minimum Gasteiger partial charge on any atom is -0.228 e. The van der Waals surface area contributed by atoms with Crippen molar-refractivity contribution >= 4 is 32.3 Å². The van der Waals surface area contributed by atoms with E-state index in [2.05, 4.69) is 190 Å². The molecule has 0 saturated carbocycles. The first-order valence-electron chi connectivity index (χ1n) is 19.7. The van der Waals surface area contributed by atoms with Crippen LogP contribution in [0.4, 0.5) is 0 Å². The Kier molecular flexibility index (Phi) is 7.55. The second kappa shape index (κ2) is 13.0. The summed E-state index contributed by atoms with van der Waals surface area (Å²) < 4.78 is 0. The van der Waals surface area contributed by atoms with Crippen LogP contribution in [-0.4, -0.2) is 9.97 Å². The van der Waals surface area contributed by atoms with Crippen molar-refractivity contribution in [1.82, 2.24) is 9.97 Å².